The van der Waals surface area contributed by atoms with E-state index in [1.54, 1.807) is 0 Å². The topological polar surface area (TPSA) is 71.5 Å². The zero-order chi connectivity index (χ0) is 13.8. The van der Waals surface area contributed by atoms with Crippen LogP contribution in [-0.2, 0) is 6.54 Å². The van der Waals surface area contributed by atoms with Crippen LogP contribution in [0, 0.1) is 0 Å². The maximum Gasteiger partial charge on any atom is 0.287 e. The number of benzene rings is 1. The van der Waals surface area contributed by atoms with Crippen molar-refractivity contribution in [2.75, 3.05) is 27.2 Å². The minimum atomic E-state index is -0.210. The van der Waals surface area contributed by atoms with Crippen molar-refractivity contribution in [3.8, 4) is 0 Å². The number of hydrogen-bond donors (Lipinski definition) is 2. The molecule has 0 spiro atoms. The number of para-hydroxylation sites is 1. The largest absolute Gasteiger partial charge is 0.451 e. The molecule has 2 rings (SSSR count). The Balaban J connectivity index is 0.00000200. The van der Waals surface area contributed by atoms with Crippen molar-refractivity contribution >= 4 is 41.7 Å². The van der Waals surface area contributed by atoms with Gasteiger partial charge in [0.25, 0.3) is 5.91 Å². The van der Waals surface area contributed by atoms with Gasteiger partial charge < -0.3 is 20.4 Å². The third-order valence-electron chi connectivity index (χ3n) is 2.81. The van der Waals surface area contributed by atoms with Crippen molar-refractivity contribution in [1.82, 2.24) is 10.2 Å². The predicted molar refractivity (Wildman–Crippen MR) is 89.5 cm³/mol. The number of fused-ring (bicyclic) bond motifs is 1. The molecule has 0 fully saturated rings. The van der Waals surface area contributed by atoms with Gasteiger partial charge in [-0.05, 0) is 20.2 Å². The van der Waals surface area contributed by atoms with Gasteiger partial charge in [-0.1, -0.05) is 18.2 Å². The molecule has 0 aliphatic rings. The Hall–Kier alpha value is -1.27. The monoisotopic (exact) mass is 333 g/mol. The lowest BCUT2D eigenvalue weighted by molar-refractivity contribution is 0.0927. The van der Waals surface area contributed by atoms with Crippen LogP contribution in [0.15, 0.2) is 28.7 Å². The molecule has 1 heterocycles. The molecule has 1 aromatic heterocycles. The summed E-state index contributed by atoms with van der Waals surface area (Å²) in [5.74, 6) is 0.168. The lowest BCUT2D eigenvalue weighted by atomic mass is 10.1. The number of carbonyl (C=O) groups is 1. The normalized spacial score (nSPS) is 10.1. The first-order chi connectivity index (χ1) is 9.13. The van der Waals surface area contributed by atoms with E-state index in [0.717, 1.165) is 16.5 Å². The summed E-state index contributed by atoms with van der Waals surface area (Å²) in [5.41, 5.74) is 7.04. The highest BCUT2D eigenvalue weighted by Gasteiger charge is 2.20. The molecule has 1 amide bonds. The van der Waals surface area contributed by atoms with Crippen LogP contribution >= 0.6 is 24.8 Å². The number of nitrogens with two attached hydrogens (primary N) is 1. The average Bonchev–Trinajstić information content (AvgIpc) is 2.74. The van der Waals surface area contributed by atoms with E-state index in [1.165, 1.54) is 0 Å². The van der Waals surface area contributed by atoms with Crippen LogP contribution in [0.1, 0.15) is 16.1 Å². The molecule has 0 atom stereocenters. The molecule has 0 saturated heterocycles. The number of rotatable bonds is 5. The molecule has 5 nitrogen and oxygen atoms in total. The van der Waals surface area contributed by atoms with E-state index < -0.39 is 0 Å². The van der Waals surface area contributed by atoms with Crippen LogP contribution in [0.3, 0.4) is 0 Å². The average molecular weight is 334 g/mol. The van der Waals surface area contributed by atoms with Crippen molar-refractivity contribution in [2.24, 2.45) is 5.73 Å². The Bertz CT molecular complexity index is 585. The number of amides is 1. The molecular weight excluding hydrogens is 313 g/mol. The van der Waals surface area contributed by atoms with Gasteiger partial charge in [-0.25, -0.2) is 0 Å². The standard InChI is InChI=1S/C14H19N3O2.2ClH/c1-17(2)9-11-10-5-3-4-6-12(10)19-13(11)14(18)16-8-7-15;;/h3-6H,7-9,15H2,1-2H3,(H,16,18);2*1H. The van der Waals surface area contributed by atoms with Gasteiger partial charge in [0.1, 0.15) is 5.58 Å². The van der Waals surface area contributed by atoms with Crippen molar-refractivity contribution < 1.29 is 9.21 Å². The number of carbonyl (C=O) groups excluding carboxylic acids is 1. The Morgan fingerprint density at radius 2 is 1.95 bits per heavy atom. The Morgan fingerprint density at radius 3 is 2.57 bits per heavy atom. The first kappa shape index (κ1) is 19.7. The second-order valence-electron chi connectivity index (χ2n) is 4.69. The molecule has 0 bridgehead atoms. The van der Waals surface area contributed by atoms with Crippen LogP contribution in [0.4, 0.5) is 0 Å². The molecule has 0 unspecified atom stereocenters. The second-order valence-corrected chi connectivity index (χ2v) is 4.69. The van der Waals surface area contributed by atoms with Gasteiger partial charge in [0, 0.05) is 30.6 Å². The highest BCUT2D eigenvalue weighted by molar-refractivity contribution is 5.99. The summed E-state index contributed by atoms with van der Waals surface area (Å²) in [6, 6.07) is 7.68. The van der Waals surface area contributed by atoms with Gasteiger partial charge in [0.05, 0.1) is 0 Å². The zero-order valence-corrected chi connectivity index (χ0v) is 13.7. The van der Waals surface area contributed by atoms with Crippen LogP contribution in [-0.4, -0.2) is 38.0 Å². The van der Waals surface area contributed by atoms with E-state index in [0.29, 0.717) is 25.4 Å². The third-order valence-corrected chi connectivity index (χ3v) is 2.81. The van der Waals surface area contributed by atoms with E-state index in [9.17, 15) is 4.79 Å². The first-order valence-corrected chi connectivity index (χ1v) is 6.27. The molecular formula is C14H21Cl2N3O2. The summed E-state index contributed by atoms with van der Waals surface area (Å²) in [7, 11) is 3.92. The van der Waals surface area contributed by atoms with Gasteiger partial charge in [-0.3, -0.25) is 4.79 Å². The van der Waals surface area contributed by atoms with Gasteiger partial charge in [-0.15, -0.1) is 24.8 Å². The molecule has 118 valence electrons. The Kier molecular flexibility index (Phi) is 8.36. The van der Waals surface area contributed by atoms with Gasteiger partial charge in [-0.2, -0.15) is 0 Å². The van der Waals surface area contributed by atoms with Crippen LogP contribution < -0.4 is 11.1 Å². The molecule has 0 aliphatic carbocycles. The highest BCUT2D eigenvalue weighted by atomic mass is 35.5. The SMILES string of the molecule is CN(C)Cc1c(C(=O)NCCN)oc2ccccc12.Cl.Cl. The summed E-state index contributed by atoms with van der Waals surface area (Å²) in [6.07, 6.45) is 0. The van der Waals surface area contributed by atoms with E-state index >= 15 is 0 Å². The minimum absolute atomic E-state index is 0. The van der Waals surface area contributed by atoms with Crippen molar-refractivity contribution in [2.45, 2.75) is 6.54 Å². The number of nitrogens with zero attached hydrogens (tertiary/aromatic N) is 1. The molecule has 0 aliphatic heterocycles. The fourth-order valence-electron chi connectivity index (χ4n) is 2.02. The molecule has 21 heavy (non-hydrogen) atoms. The quantitative estimate of drug-likeness (QED) is 0.878. The van der Waals surface area contributed by atoms with Crippen LogP contribution in [0.2, 0.25) is 0 Å². The van der Waals surface area contributed by atoms with Gasteiger partial charge >= 0.3 is 0 Å². The molecule has 3 N–H and O–H groups in total. The van der Waals surface area contributed by atoms with E-state index in [1.807, 2.05) is 43.3 Å². The molecule has 2 aromatic rings. The number of halogens is 2. The first-order valence-electron chi connectivity index (χ1n) is 6.27. The fraction of sp³-hybridized carbons (Fsp3) is 0.357. The number of furan rings is 1. The molecule has 7 heteroatoms. The Labute approximate surface area is 136 Å². The van der Waals surface area contributed by atoms with Crippen molar-refractivity contribution in [1.29, 1.82) is 0 Å². The zero-order valence-electron chi connectivity index (χ0n) is 12.1. The minimum Gasteiger partial charge on any atom is -0.451 e. The summed E-state index contributed by atoms with van der Waals surface area (Å²) in [6.45, 7) is 1.51. The van der Waals surface area contributed by atoms with Gasteiger partial charge in [0.15, 0.2) is 5.76 Å². The maximum atomic E-state index is 12.1. The Morgan fingerprint density at radius 1 is 1.29 bits per heavy atom. The third kappa shape index (κ3) is 4.61. The number of hydrogen-bond acceptors (Lipinski definition) is 4. The summed E-state index contributed by atoms with van der Waals surface area (Å²) in [4.78, 5) is 14.1. The lowest BCUT2D eigenvalue weighted by Crippen LogP contribution is -2.29. The van der Waals surface area contributed by atoms with Crippen molar-refractivity contribution in [3.05, 3.63) is 35.6 Å². The summed E-state index contributed by atoms with van der Waals surface area (Å²) < 4.78 is 5.68. The lowest BCUT2D eigenvalue weighted by Gasteiger charge is -2.10. The molecule has 0 saturated carbocycles. The highest BCUT2D eigenvalue weighted by Crippen LogP contribution is 2.26. The van der Waals surface area contributed by atoms with Crippen molar-refractivity contribution in [3.63, 3.8) is 0 Å². The van der Waals surface area contributed by atoms with Gasteiger partial charge in [0.2, 0.25) is 0 Å². The van der Waals surface area contributed by atoms with Crippen LogP contribution in [0.25, 0.3) is 11.0 Å². The predicted octanol–water partition coefficient (Wildman–Crippen LogP) is 2.03. The van der Waals surface area contributed by atoms with E-state index in [2.05, 4.69) is 5.32 Å². The summed E-state index contributed by atoms with van der Waals surface area (Å²) in [5, 5.41) is 3.73. The van der Waals surface area contributed by atoms with Crippen LogP contribution in [0.5, 0.6) is 0 Å². The number of nitrogens with one attached hydrogen (secondary N) is 1. The van der Waals surface area contributed by atoms with E-state index in [-0.39, 0.29) is 30.7 Å². The molecule has 0 radical (unpaired) electrons. The van der Waals surface area contributed by atoms with E-state index in [4.69, 9.17) is 10.2 Å². The summed E-state index contributed by atoms with van der Waals surface area (Å²) >= 11 is 0. The maximum absolute atomic E-state index is 12.1. The smallest absolute Gasteiger partial charge is 0.287 e. The second kappa shape index (κ2) is 8.89. The fourth-order valence-corrected chi connectivity index (χ4v) is 2.02. The molecule has 1 aromatic carbocycles.